The van der Waals surface area contributed by atoms with Gasteiger partial charge in [0.05, 0.1) is 12.9 Å². The van der Waals surface area contributed by atoms with E-state index in [1.54, 1.807) is 24.3 Å². The monoisotopic (exact) mass is 357 g/mol. The van der Waals surface area contributed by atoms with Gasteiger partial charge in [-0.25, -0.2) is 17.1 Å². The summed E-state index contributed by atoms with van der Waals surface area (Å²) in [6.07, 6.45) is 0. The normalized spacial score (nSPS) is 11.7. The molecule has 2 aromatic carbocycles. The van der Waals surface area contributed by atoms with Gasteiger partial charge < -0.3 is 4.74 Å². The van der Waals surface area contributed by atoms with Crippen molar-refractivity contribution in [2.24, 2.45) is 0 Å². The van der Waals surface area contributed by atoms with Gasteiger partial charge in [0, 0.05) is 29.7 Å². The molecule has 0 atom stereocenters. The summed E-state index contributed by atoms with van der Waals surface area (Å²) in [4.78, 5) is 0. The fraction of sp³-hybridized carbons (Fsp3) is 0.250. The molecule has 0 unspecified atom stereocenters. The summed E-state index contributed by atoms with van der Waals surface area (Å²) in [5, 5.41) is 0.0965. The first-order valence-electron chi connectivity index (χ1n) is 6.84. The van der Waals surface area contributed by atoms with Gasteiger partial charge in [-0.1, -0.05) is 35.9 Å². The van der Waals surface area contributed by atoms with Crippen LogP contribution in [0.3, 0.4) is 0 Å². The predicted octanol–water partition coefficient (Wildman–Crippen LogP) is 3.45. The molecule has 124 valence electrons. The summed E-state index contributed by atoms with van der Waals surface area (Å²) in [5.41, 5.74) is 0.696. The fourth-order valence-corrected chi connectivity index (χ4v) is 3.66. The van der Waals surface area contributed by atoms with E-state index in [1.807, 2.05) is 0 Å². The quantitative estimate of drug-likeness (QED) is 0.795. The Hall–Kier alpha value is -1.63. The van der Waals surface area contributed by atoms with Gasteiger partial charge in [0.25, 0.3) is 0 Å². The van der Waals surface area contributed by atoms with Crippen LogP contribution in [0.2, 0.25) is 5.02 Å². The first kappa shape index (κ1) is 17.7. The molecule has 0 spiro atoms. The minimum Gasteiger partial charge on any atom is -0.496 e. The van der Waals surface area contributed by atoms with Gasteiger partial charge in [0.15, 0.2) is 0 Å². The standard InChI is InChI=1S/C16H17ClFNO3S/c1-19(10-12-6-3-4-9-16(12)22-2)23(20,21)11-13-14(17)7-5-8-15(13)18/h3-9H,10-11H2,1-2H3. The zero-order valence-electron chi connectivity index (χ0n) is 12.8. The molecule has 0 heterocycles. The average molecular weight is 358 g/mol. The fourth-order valence-electron chi connectivity index (χ4n) is 2.13. The Balaban J connectivity index is 2.22. The van der Waals surface area contributed by atoms with Crippen LogP contribution in [0.25, 0.3) is 0 Å². The Morgan fingerprint density at radius 1 is 1.17 bits per heavy atom. The zero-order valence-corrected chi connectivity index (χ0v) is 14.4. The Morgan fingerprint density at radius 2 is 1.87 bits per heavy atom. The Bertz CT molecular complexity index is 775. The van der Waals surface area contributed by atoms with E-state index in [0.717, 1.165) is 9.87 Å². The van der Waals surface area contributed by atoms with Crippen molar-refractivity contribution in [3.63, 3.8) is 0 Å². The van der Waals surface area contributed by atoms with Crippen molar-refractivity contribution < 1.29 is 17.5 Å². The number of sulfonamides is 1. The zero-order chi connectivity index (χ0) is 17.0. The molecule has 0 aliphatic carbocycles. The molecular weight excluding hydrogens is 341 g/mol. The molecule has 7 heteroatoms. The summed E-state index contributed by atoms with van der Waals surface area (Å²) in [6, 6.07) is 11.2. The second kappa shape index (κ2) is 7.29. The van der Waals surface area contributed by atoms with Gasteiger partial charge in [0.2, 0.25) is 10.0 Å². The Morgan fingerprint density at radius 3 is 2.52 bits per heavy atom. The van der Waals surface area contributed by atoms with E-state index in [2.05, 4.69) is 0 Å². The summed E-state index contributed by atoms with van der Waals surface area (Å²) < 4.78 is 45.1. The van der Waals surface area contributed by atoms with Gasteiger partial charge in [-0.3, -0.25) is 0 Å². The molecule has 0 radical (unpaired) electrons. The highest BCUT2D eigenvalue weighted by molar-refractivity contribution is 7.88. The second-order valence-electron chi connectivity index (χ2n) is 5.02. The molecule has 0 saturated heterocycles. The maximum atomic E-state index is 13.8. The summed E-state index contributed by atoms with van der Waals surface area (Å²) in [5.74, 6) is -0.533. The Kier molecular flexibility index (Phi) is 5.62. The van der Waals surface area contributed by atoms with Crippen LogP contribution in [0, 0.1) is 5.82 Å². The maximum Gasteiger partial charge on any atom is 0.218 e. The number of halogens is 2. The third-order valence-electron chi connectivity index (χ3n) is 3.45. The number of nitrogens with zero attached hydrogens (tertiary/aromatic N) is 1. The molecule has 0 fully saturated rings. The largest absolute Gasteiger partial charge is 0.496 e. The van der Waals surface area contributed by atoms with Crippen molar-refractivity contribution in [3.8, 4) is 5.75 Å². The molecule has 0 amide bonds. The molecule has 0 aliphatic rings. The number of ether oxygens (including phenoxy) is 1. The molecule has 2 aromatic rings. The number of hydrogen-bond acceptors (Lipinski definition) is 3. The van der Waals surface area contributed by atoms with Crippen molar-refractivity contribution in [2.45, 2.75) is 12.3 Å². The number of benzene rings is 2. The van der Waals surface area contributed by atoms with E-state index in [-0.39, 0.29) is 17.1 Å². The van der Waals surface area contributed by atoms with Crippen LogP contribution in [0.1, 0.15) is 11.1 Å². The molecule has 0 aromatic heterocycles. The van der Waals surface area contributed by atoms with Gasteiger partial charge >= 0.3 is 0 Å². The number of para-hydroxylation sites is 1. The highest BCUT2D eigenvalue weighted by Crippen LogP contribution is 2.24. The topological polar surface area (TPSA) is 46.6 Å². The maximum absolute atomic E-state index is 13.8. The lowest BCUT2D eigenvalue weighted by Gasteiger charge is -2.19. The van der Waals surface area contributed by atoms with Crippen LogP contribution in [-0.4, -0.2) is 26.9 Å². The number of rotatable bonds is 6. The molecule has 0 bridgehead atoms. The van der Waals surface area contributed by atoms with Crippen LogP contribution in [0.15, 0.2) is 42.5 Å². The van der Waals surface area contributed by atoms with Crippen LogP contribution in [0.5, 0.6) is 5.75 Å². The minimum absolute atomic E-state index is 0.0268. The molecular formula is C16H17ClFNO3S. The number of hydrogen-bond donors (Lipinski definition) is 0. The van der Waals surface area contributed by atoms with Crippen LogP contribution < -0.4 is 4.74 Å². The molecule has 0 aliphatic heterocycles. The van der Waals surface area contributed by atoms with Gasteiger partial charge in [-0.15, -0.1) is 0 Å². The van der Waals surface area contributed by atoms with Crippen LogP contribution in [-0.2, 0) is 22.3 Å². The van der Waals surface area contributed by atoms with E-state index >= 15 is 0 Å². The smallest absolute Gasteiger partial charge is 0.218 e. The van der Waals surface area contributed by atoms with E-state index < -0.39 is 21.6 Å². The lowest BCUT2D eigenvalue weighted by Crippen LogP contribution is -2.28. The number of methoxy groups -OCH3 is 1. The summed E-state index contributed by atoms with van der Waals surface area (Å²) in [7, 11) is -0.767. The lowest BCUT2D eigenvalue weighted by molar-refractivity contribution is 0.398. The second-order valence-corrected chi connectivity index (χ2v) is 7.51. The molecule has 23 heavy (non-hydrogen) atoms. The van der Waals surface area contributed by atoms with Crippen molar-refractivity contribution in [3.05, 3.63) is 64.4 Å². The van der Waals surface area contributed by atoms with E-state index in [9.17, 15) is 12.8 Å². The average Bonchev–Trinajstić information content (AvgIpc) is 2.51. The van der Waals surface area contributed by atoms with E-state index in [4.69, 9.17) is 16.3 Å². The third kappa shape index (κ3) is 4.22. The molecule has 4 nitrogen and oxygen atoms in total. The molecule has 0 N–H and O–H groups in total. The van der Waals surface area contributed by atoms with E-state index in [0.29, 0.717) is 5.75 Å². The van der Waals surface area contributed by atoms with Crippen molar-refractivity contribution in [2.75, 3.05) is 14.2 Å². The van der Waals surface area contributed by atoms with E-state index in [1.165, 1.54) is 32.4 Å². The van der Waals surface area contributed by atoms with Crippen molar-refractivity contribution in [1.82, 2.24) is 4.31 Å². The summed E-state index contributed by atoms with van der Waals surface area (Å²) >= 11 is 5.91. The third-order valence-corrected chi connectivity index (χ3v) is 5.54. The van der Waals surface area contributed by atoms with Crippen LogP contribution in [0.4, 0.5) is 4.39 Å². The van der Waals surface area contributed by atoms with Crippen LogP contribution >= 0.6 is 11.6 Å². The van der Waals surface area contributed by atoms with Gasteiger partial charge in [0.1, 0.15) is 11.6 Å². The highest BCUT2D eigenvalue weighted by Gasteiger charge is 2.23. The molecule has 0 saturated carbocycles. The van der Waals surface area contributed by atoms with Crippen molar-refractivity contribution >= 4 is 21.6 Å². The SMILES string of the molecule is COc1ccccc1CN(C)S(=O)(=O)Cc1c(F)cccc1Cl. The Labute approximate surface area is 140 Å². The lowest BCUT2D eigenvalue weighted by atomic mass is 10.2. The first-order chi connectivity index (χ1) is 10.8. The van der Waals surface area contributed by atoms with Crippen molar-refractivity contribution in [1.29, 1.82) is 0 Å². The van der Waals surface area contributed by atoms with Gasteiger partial charge in [-0.05, 0) is 18.2 Å². The molecule has 2 rings (SSSR count). The summed E-state index contributed by atoms with van der Waals surface area (Å²) in [6.45, 7) is 0.123. The predicted molar refractivity (Wildman–Crippen MR) is 88.5 cm³/mol. The first-order valence-corrected chi connectivity index (χ1v) is 8.82. The minimum atomic E-state index is -3.73. The highest BCUT2D eigenvalue weighted by atomic mass is 35.5. The van der Waals surface area contributed by atoms with Gasteiger partial charge in [-0.2, -0.15) is 0 Å².